The first kappa shape index (κ1) is 19.3. The number of aryl methyl sites for hydroxylation is 1. The molecular formula is C22H18N4O4S. The Morgan fingerprint density at radius 2 is 2.13 bits per heavy atom. The van der Waals surface area contributed by atoms with Gasteiger partial charge in [-0.3, -0.25) is 10.1 Å². The van der Waals surface area contributed by atoms with E-state index in [2.05, 4.69) is 26.5 Å². The molecule has 1 N–H and O–H groups in total. The zero-order valence-corrected chi connectivity index (χ0v) is 17.4. The van der Waals surface area contributed by atoms with E-state index in [-0.39, 0.29) is 12.5 Å². The smallest absolute Gasteiger partial charge is 0.261 e. The number of carbonyl (C=O) groups is 1. The fourth-order valence-electron chi connectivity index (χ4n) is 3.30. The second-order valence-corrected chi connectivity index (χ2v) is 7.79. The van der Waals surface area contributed by atoms with Gasteiger partial charge in [-0.05, 0) is 35.9 Å². The molecule has 0 bridgehead atoms. The molecule has 0 atom stereocenters. The fourth-order valence-corrected chi connectivity index (χ4v) is 4.01. The summed E-state index contributed by atoms with van der Waals surface area (Å²) in [6.07, 6.45) is 0.900. The lowest BCUT2D eigenvalue weighted by Gasteiger charge is -2.09. The van der Waals surface area contributed by atoms with Crippen LogP contribution in [0.5, 0.6) is 11.5 Å². The molecule has 0 saturated carbocycles. The van der Waals surface area contributed by atoms with E-state index < -0.39 is 0 Å². The van der Waals surface area contributed by atoms with Gasteiger partial charge in [0.2, 0.25) is 11.7 Å². The Bertz CT molecular complexity index is 1250. The first-order chi connectivity index (χ1) is 15.2. The number of fused-ring (bicyclic) bond motifs is 1. The van der Waals surface area contributed by atoms with Crippen LogP contribution < -0.4 is 14.8 Å². The number of hydrogen-bond acceptors (Lipinski definition) is 8. The van der Waals surface area contributed by atoms with Crippen LogP contribution in [0.3, 0.4) is 0 Å². The average Bonchev–Trinajstić information content (AvgIpc) is 3.53. The molecule has 8 nitrogen and oxygen atoms in total. The monoisotopic (exact) mass is 434 g/mol. The van der Waals surface area contributed by atoms with Crippen molar-refractivity contribution in [3.8, 4) is 22.8 Å². The molecule has 0 spiro atoms. The van der Waals surface area contributed by atoms with Crippen molar-refractivity contribution in [2.24, 2.45) is 0 Å². The molecule has 5 rings (SSSR count). The van der Waals surface area contributed by atoms with Gasteiger partial charge in [0.05, 0.1) is 17.9 Å². The molecule has 1 aliphatic rings. The minimum Gasteiger partial charge on any atom is -0.493 e. The number of carbonyl (C=O) groups excluding carboxylic acids is 1. The number of rotatable bonds is 6. The first-order valence-corrected chi connectivity index (χ1v) is 10.6. The Labute approximate surface area is 181 Å². The van der Waals surface area contributed by atoms with Gasteiger partial charge in [0.1, 0.15) is 11.5 Å². The van der Waals surface area contributed by atoms with Crippen molar-refractivity contribution in [1.29, 1.82) is 0 Å². The fraction of sp³-hybridized carbons (Fsp3) is 0.182. The molecule has 0 saturated heterocycles. The molecule has 0 fully saturated rings. The summed E-state index contributed by atoms with van der Waals surface area (Å²) in [6.45, 7) is 2.52. The Morgan fingerprint density at radius 1 is 1.23 bits per heavy atom. The maximum absolute atomic E-state index is 12.9. The van der Waals surface area contributed by atoms with E-state index in [1.807, 2.05) is 17.5 Å². The van der Waals surface area contributed by atoms with E-state index in [0.717, 1.165) is 23.4 Å². The van der Waals surface area contributed by atoms with Crippen molar-refractivity contribution in [1.82, 2.24) is 15.1 Å². The number of nitrogens with zero attached hydrogens (tertiary/aromatic N) is 3. The number of thiazole rings is 1. The number of nitrogens with one attached hydrogen (secondary N) is 1. The maximum Gasteiger partial charge on any atom is 0.261 e. The van der Waals surface area contributed by atoms with Crippen LogP contribution in [0, 0.1) is 6.92 Å². The largest absolute Gasteiger partial charge is 0.493 e. The van der Waals surface area contributed by atoms with Crippen molar-refractivity contribution < 1.29 is 18.8 Å². The number of anilines is 1. The summed E-state index contributed by atoms with van der Waals surface area (Å²) in [5.74, 6) is 1.93. The van der Waals surface area contributed by atoms with Gasteiger partial charge in [-0.15, -0.1) is 11.3 Å². The highest BCUT2D eigenvalue weighted by Gasteiger charge is 2.17. The molecule has 2 aromatic carbocycles. The van der Waals surface area contributed by atoms with Gasteiger partial charge in [0, 0.05) is 24.3 Å². The van der Waals surface area contributed by atoms with Crippen LogP contribution in [0.25, 0.3) is 11.3 Å². The van der Waals surface area contributed by atoms with E-state index in [4.69, 9.17) is 14.0 Å². The van der Waals surface area contributed by atoms with Crippen LogP contribution in [0.1, 0.15) is 27.6 Å². The van der Waals surface area contributed by atoms with Crippen LogP contribution in [0.4, 0.5) is 5.13 Å². The van der Waals surface area contributed by atoms with Crippen LogP contribution in [-0.2, 0) is 13.0 Å². The molecule has 1 aliphatic heterocycles. The summed E-state index contributed by atoms with van der Waals surface area (Å²) in [4.78, 5) is 21.5. The molecule has 2 aromatic heterocycles. The van der Waals surface area contributed by atoms with E-state index in [1.54, 1.807) is 31.2 Å². The number of para-hydroxylation sites is 1. The second kappa shape index (κ2) is 8.19. The van der Waals surface area contributed by atoms with Gasteiger partial charge in [-0.2, -0.15) is 4.98 Å². The number of amides is 1. The zero-order valence-electron chi connectivity index (χ0n) is 16.6. The highest BCUT2D eigenvalue weighted by molar-refractivity contribution is 7.14. The van der Waals surface area contributed by atoms with Gasteiger partial charge in [-0.25, -0.2) is 4.98 Å². The highest BCUT2D eigenvalue weighted by Crippen LogP contribution is 2.32. The van der Waals surface area contributed by atoms with Crippen molar-refractivity contribution in [2.75, 3.05) is 11.9 Å². The lowest BCUT2D eigenvalue weighted by Crippen LogP contribution is -2.13. The molecular weight excluding hydrogens is 416 g/mol. The molecule has 31 heavy (non-hydrogen) atoms. The Hall–Kier alpha value is -3.72. The summed E-state index contributed by atoms with van der Waals surface area (Å²) in [6, 6.07) is 13.0. The van der Waals surface area contributed by atoms with E-state index >= 15 is 0 Å². The summed E-state index contributed by atoms with van der Waals surface area (Å²) in [5.41, 5.74) is 3.39. The third-order valence-corrected chi connectivity index (χ3v) is 5.53. The number of aromatic nitrogens is 3. The minimum atomic E-state index is -0.303. The molecule has 3 heterocycles. The quantitative estimate of drug-likeness (QED) is 0.484. The number of benzene rings is 2. The summed E-state index contributed by atoms with van der Waals surface area (Å²) < 4.78 is 16.2. The highest BCUT2D eigenvalue weighted by atomic mass is 32.1. The van der Waals surface area contributed by atoms with E-state index in [0.29, 0.717) is 34.8 Å². The zero-order chi connectivity index (χ0) is 21.2. The molecule has 4 aromatic rings. The Morgan fingerprint density at radius 3 is 3.00 bits per heavy atom. The average molecular weight is 434 g/mol. The van der Waals surface area contributed by atoms with Crippen molar-refractivity contribution in [3.05, 3.63) is 70.7 Å². The first-order valence-electron chi connectivity index (χ1n) is 9.70. The number of ether oxygens (including phenoxy) is 2. The second-order valence-electron chi connectivity index (χ2n) is 6.93. The summed E-state index contributed by atoms with van der Waals surface area (Å²) >= 11 is 1.37. The third-order valence-electron chi connectivity index (χ3n) is 4.77. The number of hydrogen-bond donors (Lipinski definition) is 1. The SMILES string of the molecule is Cc1nc(COc2ccccc2C(=O)Nc2nc(-c3ccc4c(c3)CCO4)cs2)no1. The molecule has 156 valence electrons. The molecule has 0 aliphatic carbocycles. The maximum atomic E-state index is 12.9. The molecule has 1 amide bonds. The van der Waals surface area contributed by atoms with Crippen LogP contribution in [0.15, 0.2) is 52.4 Å². The molecule has 0 unspecified atom stereocenters. The van der Waals surface area contributed by atoms with E-state index in [9.17, 15) is 4.79 Å². The van der Waals surface area contributed by atoms with Gasteiger partial charge in [-0.1, -0.05) is 17.3 Å². The summed E-state index contributed by atoms with van der Waals surface area (Å²) in [7, 11) is 0. The topological polar surface area (TPSA) is 99.4 Å². The molecule has 9 heteroatoms. The Kier molecular flexibility index (Phi) is 5.09. The van der Waals surface area contributed by atoms with Crippen molar-refractivity contribution in [2.45, 2.75) is 20.0 Å². The third kappa shape index (κ3) is 4.13. The lowest BCUT2D eigenvalue weighted by atomic mass is 10.1. The Balaban J connectivity index is 1.30. The predicted molar refractivity (Wildman–Crippen MR) is 115 cm³/mol. The van der Waals surface area contributed by atoms with Crippen LogP contribution in [-0.4, -0.2) is 27.6 Å². The van der Waals surface area contributed by atoms with Gasteiger partial charge in [0.15, 0.2) is 11.7 Å². The van der Waals surface area contributed by atoms with E-state index in [1.165, 1.54) is 16.9 Å². The summed E-state index contributed by atoms with van der Waals surface area (Å²) in [5, 5.41) is 9.09. The van der Waals surface area contributed by atoms with Crippen molar-refractivity contribution >= 4 is 22.4 Å². The van der Waals surface area contributed by atoms with Crippen LogP contribution in [0.2, 0.25) is 0 Å². The minimum absolute atomic E-state index is 0.102. The standard InChI is InChI=1S/C22H18N4O4S/c1-13-23-20(26-30-13)11-29-19-5-3-2-4-16(19)21(27)25-22-24-17(12-31-22)14-6-7-18-15(10-14)8-9-28-18/h2-7,10,12H,8-9,11H2,1H3,(H,24,25,27). The van der Waals surface area contributed by atoms with Gasteiger partial charge < -0.3 is 14.0 Å². The van der Waals surface area contributed by atoms with Crippen LogP contribution >= 0.6 is 11.3 Å². The predicted octanol–water partition coefficient (Wildman–Crippen LogP) is 4.27. The lowest BCUT2D eigenvalue weighted by molar-refractivity contribution is 0.102. The van der Waals surface area contributed by atoms with Gasteiger partial charge in [0.25, 0.3) is 5.91 Å². The van der Waals surface area contributed by atoms with Crippen molar-refractivity contribution in [3.63, 3.8) is 0 Å². The van der Waals surface area contributed by atoms with Gasteiger partial charge >= 0.3 is 0 Å². The molecule has 0 radical (unpaired) electrons. The normalized spacial score (nSPS) is 12.3.